The third-order valence-corrected chi connectivity index (χ3v) is 2.50. The van der Waals surface area contributed by atoms with Gasteiger partial charge >= 0.3 is 0 Å². The molecule has 0 radical (unpaired) electrons. The predicted octanol–water partition coefficient (Wildman–Crippen LogP) is 1.27. The molecule has 0 aliphatic carbocycles. The van der Waals surface area contributed by atoms with Crippen LogP contribution in [0.4, 0.5) is 0 Å². The molecule has 2 unspecified atom stereocenters. The highest BCUT2D eigenvalue weighted by atomic mass is 16.5. The van der Waals surface area contributed by atoms with Crippen molar-refractivity contribution in [3.63, 3.8) is 0 Å². The normalized spacial score (nSPS) is 31.6. The van der Waals surface area contributed by atoms with Gasteiger partial charge in [0.2, 0.25) is 0 Å². The lowest BCUT2D eigenvalue weighted by molar-refractivity contribution is 0.136. The van der Waals surface area contributed by atoms with Crippen molar-refractivity contribution in [2.75, 3.05) is 20.3 Å². The maximum atomic E-state index is 5.17. The molecule has 0 aromatic rings. The Labute approximate surface area is 69.3 Å². The highest BCUT2D eigenvalue weighted by Gasteiger charge is 2.28. The van der Waals surface area contributed by atoms with Gasteiger partial charge < -0.3 is 10.1 Å². The van der Waals surface area contributed by atoms with Crippen LogP contribution in [0.5, 0.6) is 0 Å². The third-order valence-electron chi connectivity index (χ3n) is 2.50. The molecule has 1 aliphatic heterocycles. The van der Waals surface area contributed by atoms with Crippen molar-refractivity contribution in [1.82, 2.24) is 5.32 Å². The van der Waals surface area contributed by atoms with Gasteiger partial charge in [0.1, 0.15) is 0 Å². The number of hydrogen-bond donors (Lipinski definition) is 1. The van der Waals surface area contributed by atoms with Crippen molar-refractivity contribution in [2.24, 2.45) is 11.8 Å². The molecular weight excluding hydrogens is 138 g/mol. The van der Waals surface area contributed by atoms with Crippen molar-refractivity contribution in [1.29, 1.82) is 0 Å². The molecule has 2 atom stereocenters. The van der Waals surface area contributed by atoms with Gasteiger partial charge in [-0.15, -0.1) is 0 Å². The summed E-state index contributed by atoms with van der Waals surface area (Å²) in [7, 11) is 1.79. The van der Waals surface area contributed by atoms with Gasteiger partial charge in [-0.1, -0.05) is 13.8 Å². The van der Waals surface area contributed by atoms with Crippen LogP contribution in [0.15, 0.2) is 0 Å². The van der Waals surface area contributed by atoms with Gasteiger partial charge in [-0.2, -0.15) is 0 Å². The standard InChI is InChI=1S/C9H19NO/c1-7(2)9-8(6-11-3)4-5-10-9/h7-10H,4-6H2,1-3H3. The molecule has 2 heteroatoms. The van der Waals surface area contributed by atoms with Crippen molar-refractivity contribution in [3.8, 4) is 0 Å². The van der Waals surface area contributed by atoms with Crippen molar-refractivity contribution < 1.29 is 4.74 Å². The van der Waals surface area contributed by atoms with E-state index in [0.29, 0.717) is 6.04 Å². The average Bonchev–Trinajstić information content (AvgIpc) is 2.36. The van der Waals surface area contributed by atoms with Gasteiger partial charge in [0.15, 0.2) is 0 Å². The Kier molecular flexibility index (Phi) is 3.34. The summed E-state index contributed by atoms with van der Waals surface area (Å²) in [4.78, 5) is 0. The monoisotopic (exact) mass is 157 g/mol. The van der Waals surface area contributed by atoms with Gasteiger partial charge in [-0.3, -0.25) is 0 Å². The quantitative estimate of drug-likeness (QED) is 0.666. The molecule has 0 aromatic carbocycles. The van der Waals surface area contributed by atoms with Crippen LogP contribution in [0, 0.1) is 11.8 Å². The van der Waals surface area contributed by atoms with Crippen LogP contribution < -0.4 is 5.32 Å². The summed E-state index contributed by atoms with van der Waals surface area (Å²) in [6, 6.07) is 0.676. The first kappa shape index (κ1) is 9.01. The summed E-state index contributed by atoms with van der Waals surface area (Å²) in [5, 5.41) is 3.51. The Hall–Kier alpha value is -0.0800. The van der Waals surface area contributed by atoms with Gasteiger partial charge in [0, 0.05) is 13.2 Å². The lowest BCUT2D eigenvalue weighted by Gasteiger charge is -2.22. The second kappa shape index (κ2) is 4.07. The topological polar surface area (TPSA) is 21.3 Å². The zero-order valence-corrected chi connectivity index (χ0v) is 7.76. The number of ether oxygens (including phenoxy) is 1. The molecule has 1 saturated heterocycles. The minimum atomic E-state index is 0.676. The largest absolute Gasteiger partial charge is 0.384 e. The molecule has 1 rings (SSSR count). The summed E-state index contributed by atoms with van der Waals surface area (Å²) >= 11 is 0. The van der Waals surface area contributed by atoms with Crippen LogP contribution in [-0.4, -0.2) is 26.3 Å². The van der Waals surface area contributed by atoms with Crippen LogP contribution in [-0.2, 0) is 4.74 Å². The molecule has 1 aliphatic rings. The number of nitrogens with one attached hydrogen (secondary N) is 1. The highest BCUT2D eigenvalue weighted by Crippen LogP contribution is 2.21. The molecule has 66 valence electrons. The lowest BCUT2D eigenvalue weighted by atomic mass is 9.93. The first-order chi connectivity index (χ1) is 5.25. The van der Waals surface area contributed by atoms with Gasteiger partial charge in [0.25, 0.3) is 0 Å². The fourth-order valence-corrected chi connectivity index (χ4v) is 1.96. The van der Waals surface area contributed by atoms with Crippen molar-refractivity contribution in [3.05, 3.63) is 0 Å². The third kappa shape index (κ3) is 2.17. The maximum Gasteiger partial charge on any atom is 0.0505 e. The van der Waals surface area contributed by atoms with Gasteiger partial charge in [0.05, 0.1) is 6.61 Å². The molecule has 1 fully saturated rings. The molecule has 0 amide bonds. The molecule has 2 nitrogen and oxygen atoms in total. The van der Waals surface area contributed by atoms with E-state index in [2.05, 4.69) is 19.2 Å². The Bertz CT molecular complexity index is 114. The number of methoxy groups -OCH3 is 1. The Morgan fingerprint density at radius 1 is 1.55 bits per heavy atom. The minimum Gasteiger partial charge on any atom is -0.384 e. The van der Waals surface area contributed by atoms with Crippen LogP contribution in [0.2, 0.25) is 0 Å². The first-order valence-electron chi connectivity index (χ1n) is 4.48. The van der Waals surface area contributed by atoms with Gasteiger partial charge in [-0.05, 0) is 24.8 Å². The van der Waals surface area contributed by atoms with Crippen molar-refractivity contribution >= 4 is 0 Å². The van der Waals surface area contributed by atoms with Crippen LogP contribution in [0.25, 0.3) is 0 Å². The summed E-state index contributed by atoms with van der Waals surface area (Å²) in [6.07, 6.45) is 1.27. The average molecular weight is 157 g/mol. The minimum absolute atomic E-state index is 0.676. The molecule has 11 heavy (non-hydrogen) atoms. The fourth-order valence-electron chi connectivity index (χ4n) is 1.96. The van der Waals surface area contributed by atoms with E-state index in [1.165, 1.54) is 6.42 Å². The summed E-state index contributed by atoms with van der Waals surface area (Å²) in [5.41, 5.74) is 0. The van der Waals surface area contributed by atoms with E-state index < -0.39 is 0 Å². The lowest BCUT2D eigenvalue weighted by Crippen LogP contribution is -2.34. The second-order valence-electron chi connectivity index (χ2n) is 3.73. The molecule has 1 heterocycles. The predicted molar refractivity (Wildman–Crippen MR) is 46.6 cm³/mol. The van der Waals surface area contributed by atoms with E-state index in [1.807, 2.05) is 0 Å². The summed E-state index contributed by atoms with van der Waals surface area (Å²) < 4.78 is 5.17. The zero-order valence-electron chi connectivity index (χ0n) is 7.76. The first-order valence-corrected chi connectivity index (χ1v) is 4.48. The van der Waals surface area contributed by atoms with Crippen LogP contribution in [0.1, 0.15) is 20.3 Å². The molecular formula is C9H19NO. The van der Waals surface area contributed by atoms with E-state index in [-0.39, 0.29) is 0 Å². The van der Waals surface area contributed by atoms with E-state index in [9.17, 15) is 0 Å². The second-order valence-corrected chi connectivity index (χ2v) is 3.73. The van der Waals surface area contributed by atoms with E-state index >= 15 is 0 Å². The Balaban J connectivity index is 2.37. The SMILES string of the molecule is COCC1CCNC1C(C)C. The summed E-state index contributed by atoms with van der Waals surface area (Å²) in [6.45, 7) is 6.62. The highest BCUT2D eigenvalue weighted by molar-refractivity contribution is 4.85. The maximum absolute atomic E-state index is 5.17. The number of rotatable bonds is 3. The fraction of sp³-hybridized carbons (Fsp3) is 1.00. The Morgan fingerprint density at radius 2 is 2.27 bits per heavy atom. The molecule has 1 N–H and O–H groups in total. The van der Waals surface area contributed by atoms with E-state index in [1.54, 1.807) is 7.11 Å². The van der Waals surface area contributed by atoms with E-state index in [4.69, 9.17) is 4.74 Å². The summed E-state index contributed by atoms with van der Waals surface area (Å²) in [5.74, 6) is 1.47. The van der Waals surface area contributed by atoms with Crippen LogP contribution in [0.3, 0.4) is 0 Å². The van der Waals surface area contributed by atoms with Gasteiger partial charge in [-0.25, -0.2) is 0 Å². The smallest absolute Gasteiger partial charge is 0.0505 e. The van der Waals surface area contributed by atoms with Crippen LogP contribution >= 0.6 is 0 Å². The zero-order chi connectivity index (χ0) is 8.27. The molecule has 0 aromatic heterocycles. The van der Waals surface area contributed by atoms with E-state index in [0.717, 1.165) is 25.0 Å². The van der Waals surface area contributed by atoms with Crippen molar-refractivity contribution in [2.45, 2.75) is 26.3 Å². The molecule has 0 spiro atoms. The number of hydrogen-bond acceptors (Lipinski definition) is 2. The molecule has 0 bridgehead atoms. The molecule has 0 saturated carbocycles. The Morgan fingerprint density at radius 3 is 2.82 bits per heavy atom.